The first kappa shape index (κ1) is 13.3. The molecule has 0 amide bonds. The Kier molecular flexibility index (Phi) is 3.84. The van der Waals surface area contributed by atoms with Crippen LogP contribution in [0.15, 0.2) is 23.6 Å². The number of nitrogens with one attached hydrogen (secondary N) is 1. The minimum Gasteiger partial charge on any atom is -0.497 e. The minimum atomic E-state index is 0.847. The van der Waals surface area contributed by atoms with Crippen LogP contribution in [0.5, 0.6) is 5.75 Å². The summed E-state index contributed by atoms with van der Waals surface area (Å²) >= 11 is 3.34. The van der Waals surface area contributed by atoms with E-state index in [1.54, 1.807) is 29.8 Å². The Morgan fingerprint density at radius 2 is 2.20 bits per heavy atom. The highest BCUT2D eigenvalue weighted by atomic mass is 32.1. The van der Waals surface area contributed by atoms with Gasteiger partial charge in [0.2, 0.25) is 0 Å². The van der Waals surface area contributed by atoms with Crippen LogP contribution in [0.2, 0.25) is 0 Å². The standard InChI is InChI=1S/C14H15N3OS2/c1-9-16-10(8-19-9)5-6-15-14-17-12-4-3-11(18-2)7-13(12)20-14/h3-4,7-8H,5-6H2,1-2H3,(H,15,17). The summed E-state index contributed by atoms with van der Waals surface area (Å²) in [6, 6.07) is 5.94. The number of rotatable bonds is 5. The first-order valence-corrected chi connectivity index (χ1v) is 8.03. The molecule has 3 rings (SSSR count). The highest BCUT2D eigenvalue weighted by Crippen LogP contribution is 2.29. The van der Waals surface area contributed by atoms with Gasteiger partial charge < -0.3 is 10.1 Å². The van der Waals surface area contributed by atoms with Gasteiger partial charge in [-0.25, -0.2) is 9.97 Å². The number of aryl methyl sites for hydroxylation is 1. The van der Waals surface area contributed by atoms with Crippen molar-refractivity contribution in [2.75, 3.05) is 19.0 Å². The predicted molar refractivity (Wildman–Crippen MR) is 85.2 cm³/mol. The zero-order valence-corrected chi connectivity index (χ0v) is 13.0. The lowest BCUT2D eigenvalue weighted by atomic mass is 10.3. The van der Waals surface area contributed by atoms with E-state index in [1.165, 1.54) is 0 Å². The number of hydrogen-bond acceptors (Lipinski definition) is 6. The zero-order chi connectivity index (χ0) is 13.9. The van der Waals surface area contributed by atoms with Crippen molar-refractivity contribution in [1.82, 2.24) is 9.97 Å². The quantitative estimate of drug-likeness (QED) is 0.780. The van der Waals surface area contributed by atoms with E-state index in [2.05, 4.69) is 20.7 Å². The van der Waals surface area contributed by atoms with E-state index < -0.39 is 0 Å². The molecule has 0 aliphatic carbocycles. The van der Waals surface area contributed by atoms with Crippen LogP contribution in [0.25, 0.3) is 10.2 Å². The van der Waals surface area contributed by atoms with Crippen LogP contribution >= 0.6 is 22.7 Å². The van der Waals surface area contributed by atoms with Gasteiger partial charge in [-0.1, -0.05) is 11.3 Å². The van der Waals surface area contributed by atoms with E-state index in [9.17, 15) is 0 Å². The molecule has 0 unspecified atom stereocenters. The van der Waals surface area contributed by atoms with Crippen LogP contribution in [-0.4, -0.2) is 23.6 Å². The van der Waals surface area contributed by atoms with Crippen molar-refractivity contribution < 1.29 is 4.74 Å². The molecule has 1 aromatic carbocycles. The summed E-state index contributed by atoms with van der Waals surface area (Å²) in [5, 5.41) is 7.53. The van der Waals surface area contributed by atoms with Gasteiger partial charge in [-0.15, -0.1) is 11.3 Å². The van der Waals surface area contributed by atoms with Gasteiger partial charge in [-0.2, -0.15) is 0 Å². The number of nitrogens with zero attached hydrogens (tertiary/aromatic N) is 2. The molecular weight excluding hydrogens is 290 g/mol. The Balaban J connectivity index is 1.65. The van der Waals surface area contributed by atoms with Gasteiger partial charge in [0.25, 0.3) is 0 Å². The van der Waals surface area contributed by atoms with Crippen LogP contribution in [0.4, 0.5) is 5.13 Å². The summed E-state index contributed by atoms with van der Waals surface area (Å²) in [4.78, 5) is 9.01. The van der Waals surface area contributed by atoms with Gasteiger partial charge in [0, 0.05) is 18.3 Å². The van der Waals surface area contributed by atoms with E-state index in [4.69, 9.17) is 4.74 Å². The van der Waals surface area contributed by atoms with Crippen molar-refractivity contribution >= 4 is 38.0 Å². The lowest BCUT2D eigenvalue weighted by molar-refractivity contribution is 0.415. The fourth-order valence-electron chi connectivity index (χ4n) is 1.93. The maximum Gasteiger partial charge on any atom is 0.183 e. The molecule has 6 heteroatoms. The third-order valence-electron chi connectivity index (χ3n) is 2.92. The molecule has 0 atom stereocenters. The topological polar surface area (TPSA) is 47.0 Å². The molecule has 0 aliphatic heterocycles. The van der Waals surface area contributed by atoms with Crippen molar-refractivity contribution in [2.24, 2.45) is 0 Å². The molecule has 0 saturated heterocycles. The van der Waals surface area contributed by atoms with Gasteiger partial charge in [0.15, 0.2) is 5.13 Å². The number of benzene rings is 1. The SMILES string of the molecule is COc1ccc2nc(NCCc3csc(C)n3)sc2c1. The summed E-state index contributed by atoms with van der Waals surface area (Å²) < 4.78 is 6.36. The fourth-order valence-corrected chi connectivity index (χ4v) is 3.50. The molecular formula is C14H15N3OS2. The van der Waals surface area contributed by atoms with Crippen LogP contribution in [0, 0.1) is 6.92 Å². The molecule has 2 heterocycles. The van der Waals surface area contributed by atoms with Crippen LogP contribution in [-0.2, 0) is 6.42 Å². The highest BCUT2D eigenvalue weighted by molar-refractivity contribution is 7.22. The second kappa shape index (κ2) is 5.76. The predicted octanol–water partition coefficient (Wildman–Crippen LogP) is 3.72. The Bertz CT molecular complexity index is 720. The lowest BCUT2D eigenvalue weighted by Gasteiger charge is -1.99. The third kappa shape index (κ3) is 2.91. The molecule has 0 spiro atoms. The van der Waals surface area contributed by atoms with Crippen molar-refractivity contribution in [3.8, 4) is 5.75 Å². The Labute approximate surface area is 125 Å². The van der Waals surface area contributed by atoms with E-state index in [0.717, 1.165) is 44.8 Å². The second-order valence-corrected chi connectivity index (χ2v) is 6.48. The molecule has 104 valence electrons. The summed E-state index contributed by atoms with van der Waals surface area (Å²) in [7, 11) is 1.68. The van der Waals surface area contributed by atoms with Crippen molar-refractivity contribution in [3.63, 3.8) is 0 Å². The molecule has 0 saturated carbocycles. The number of ether oxygens (including phenoxy) is 1. The Morgan fingerprint density at radius 3 is 2.95 bits per heavy atom. The molecule has 0 aliphatic rings. The van der Waals surface area contributed by atoms with Gasteiger partial charge in [0.05, 0.1) is 28.0 Å². The number of hydrogen-bond donors (Lipinski definition) is 1. The number of thiazole rings is 2. The molecule has 0 bridgehead atoms. The molecule has 4 nitrogen and oxygen atoms in total. The first-order valence-electron chi connectivity index (χ1n) is 6.34. The summed E-state index contributed by atoms with van der Waals surface area (Å²) in [6.07, 6.45) is 0.920. The van der Waals surface area contributed by atoms with Crippen LogP contribution in [0.1, 0.15) is 10.7 Å². The molecule has 0 fully saturated rings. The Hall–Kier alpha value is -1.66. The molecule has 3 aromatic rings. The van der Waals surface area contributed by atoms with E-state index in [-0.39, 0.29) is 0 Å². The average Bonchev–Trinajstić information content (AvgIpc) is 3.03. The largest absolute Gasteiger partial charge is 0.497 e. The van der Waals surface area contributed by atoms with Crippen molar-refractivity contribution in [3.05, 3.63) is 34.3 Å². The summed E-state index contributed by atoms with van der Waals surface area (Å²) in [6.45, 7) is 2.88. The van der Waals surface area contributed by atoms with Crippen LogP contribution in [0.3, 0.4) is 0 Å². The van der Waals surface area contributed by atoms with E-state index >= 15 is 0 Å². The molecule has 0 radical (unpaired) electrons. The average molecular weight is 305 g/mol. The second-order valence-electron chi connectivity index (χ2n) is 4.39. The molecule has 20 heavy (non-hydrogen) atoms. The number of methoxy groups -OCH3 is 1. The normalized spacial score (nSPS) is 10.9. The van der Waals surface area contributed by atoms with E-state index in [1.807, 2.05) is 25.1 Å². The van der Waals surface area contributed by atoms with Gasteiger partial charge in [-0.3, -0.25) is 0 Å². The maximum atomic E-state index is 5.22. The monoisotopic (exact) mass is 305 g/mol. The van der Waals surface area contributed by atoms with E-state index in [0.29, 0.717) is 0 Å². The zero-order valence-electron chi connectivity index (χ0n) is 11.3. The van der Waals surface area contributed by atoms with Gasteiger partial charge >= 0.3 is 0 Å². The number of fused-ring (bicyclic) bond motifs is 1. The van der Waals surface area contributed by atoms with Crippen LogP contribution < -0.4 is 10.1 Å². The highest BCUT2D eigenvalue weighted by Gasteiger charge is 2.05. The first-order chi connectivity index (χ1) is 9.74. The molecule has 1 N–H and O–H groups in total. The number of aromatic nitrogens is 2. The molecule has 2 aromatic heterocycles. The summed E-state index contributed by atoms with van der Waals surface area (Å²) in [5.74, 6) is 0.866. The maximum absolute atomic E-state index is 5.22. The number of anilines is 1. The minimum absolute atomic E-state index is 0.847. The summed E-state index contributed by atoms with van der Waals surface area (Å²) in [5.41, 5.74) is 2.14. The fraction of sp³-hybridized carbons (Fsp3) is 0.286. The Morgan fingerprint density at radius 1 is 1.30 bits per heavy atom. The van der Waals surface area contributed by atoms with Crippen molar-refractivity contribution in [1.29, 1.82) is 0 Å². The third-order valence-corrected chi connectivity index (χ3v) is 4.72. The van der Waals surface area contributed by atoms with Gasteiger partial charge in [-0.05, 0) is 25.1 Å². The smallest absolute Gasteiger partial charge is 0.183 e. The van der Waals surface area contributed by atoms with Gasteiger partial charge in [0.1, 0.15) is 5.75 Å². The lowest BCUT2D eigenvalue weighted by Crippen LogP contribution is -2.04. The van der Waals surface area contributed by atoms with Crippen molar-refractivity contribution in [2.45, 2.75) is 13.3 Å².